The summed E-state index contributed by atoms with van der Waals surface area (Å²) in [7, 11) is 1.91. The van der Waals surface area contributed by atoms with Crippen molar-refractivity contribution in [1.82, 2.24) is 9.78 Å². The number of aromatic nitrogens is 2. The van der Waals surface area contributed by atoms with Gasteiger partial charge in [0.1, 0.15) is 5.82 Å². The number of carbonyl (C=O) groups excluding carboxylic acids is 1. The molecule has 2 fully saturated rings. The molecule has 5 nitrogen and oxygen atoms in total. The van der Waals surface area contributed by atoms with Crippen LogP contribution in [-0.4, -0.2) is 28.4 Å². The van der Waals surface area contributed by atoms with Crippen LogP contribution in [0.25, 0.3) is 0 Å². The van der Waals surface area contributed by atoms with Crippen molar-refractivity contribution in [2.45, 2.75) is 63.9 Å². The largest absolute Gasteiger partial charge is 0.378 e. The average molecular weight is 305 g/mol. The predicted molar refractivity (Wildman–Crippen MR) is 85.8 cm³/mol. The molecule has 1 saturated carbocycles. The first kappa shape index (κ1) is 15.5. The van der Waals surface area contributed by atoms with E-state index in [1.54, 1.807) is 4.68 Å². The Labute approximate surface area is 132 Å². The highest BCUT2D eigenvalue weighted by Gasteiger charge is 2.29. The number of nitrogens with zero attached hydrogens (tertiary/aromatic N) is 2. The van der Waals surface area contributed by atoms with Gasteiger partial charge in [-0.25, -0.2) is 0 Å². The molecule has 1 saturated heterocycles. The van der Waals surface area contributed by atoms with Crippen molar-refractivity contribution in [2.24, 2.45) is 13.0 Å². The Morgan fingerprint density at radius 2 is 2.05 bits per heavy atom. The lowest BCUT2D eigenvalue weighted by Crippen LogP contribution is -2.36. The van der Waals surface area contributed by atoms with Crippen molar-refractivity contribution in [3.8, 4) is 0 Å². The van der Waals surface area contributed by atoms with Crippen LogP contribution in [0, 0.1) is 5.92 Å². The van der Waals surface area contributed by atoms with Gasteiger partial charge >= 0.3 is 0 Å². The van der Waals surface area contributed by atoms with Crippen LogP contribution >= 0.6 is 0 Å². The molecule has 5 heteroatoms. The van der Waals surface area contributed by atoms with Crippen LogP contribution in [0.3, 0.4) is 0 Å². The van der Waals surface area contributed by atoms with Crippen molar-refractivity contribution in [3.63, 3.8) is 0 Å². The molecule has 0 aromatic carbocycles. The Morgan fingerprint density at radius 1 is 1.27 bits per heavy atom. The fraction of sp³-hybridized carbons (Fsp3) is 0.765. The number of rotatable bonds is 3. The molecule has 1 aliphatic heterocycles. The fourth-order valence-electron chi connectivity index (χ4n) is 3.69. The second kappa shape index (κ2) is 6.82. The molecule has 1 amide bonds. The highest BCUT2D eigenvalue weighted by atomic mass is 16.5. The third kappa shape index (κ3) is 3.35. The summed E-state index contributed by atoms with van der Waals surface area (Å²) in [6.07, 6.45) is 8.23. The second-order valence-electron chi connectivity index (χ2n) is 6.73. The van der Waals surface area contributed by atoms with Crippen molar-refractivity contribution in [1.29, 1.82) is 0 Å². The Balaban J connectivity index is 1.66. The molecule has 1 aliphatic carbocycles. The Morgan fingerprint density at radius 3 is 2.77 bits per heavy atom. The molecule has 1 aromatic rings. The van der Waals surface area contributed by atoms with Gasteiger partial charge in [-0.2, -0.15) is 5.10 Å². The molecular formula is C17H27N3O2. The van der Waals surface area contributed by atoms with Crippen LogP contribution in [-0.2, 0) is 16.6 Å². The third-order valence-electron chi connectivity index (χ3n) is 5.12. The summed E-state index contributed by atoms with van der Waals surface area (Å²) in [5.74, 6) is 1.37. The van der Waals surface area contributed by atoms with Crippen molar-refractivity contribution in [3.05, 3.63) is 11.8 Å². The van der Waals surface area contributed by atoms with Crippen LogP contribution in [0.1, 0.15) is 63.5 Å². The van der Waals surface area contributed by atoms with Gasteiger partial charge < -0.3 is 10.1 Å². The van der Waals surface area contributed by atoms with Crippen LogP contribution in [0.4, 0.5) is 5.82 Å². The zero-order valence-corrected chi connectivity index (χ0v) is 13.7. The number of hydrogen-bond donors (Lipinski definition) is 1. The smallest absolute Gasteiger partial charge is 0.231 e. The molecular weight excluding hydrogens is 278 g/mol. The molecule has 1 aromatic heterocycles. The minimum Gasteiger partial charge on any atom is -0.378 e. The molecule has 2 atom stereocenters. The summed E-state index contributed by atoms with van der Waals surface area (Å²) >= 11 is 0. The molecule has 0 bridgehead atoms. The number of amides is 1. The predicted octanol–water partition coefficient (Wildman–Crippen LogP) is 3.22. The Bertz CT molecular complexity index is 520. The van der Waals surface area contributed by atoms with Gasteiger partial charge in [0.25, 0.3) is 0 Å². The van der Waals surface area contributed by atoms with Gasteiger partial charge in [0, 0.05) is 25.6 Å². The molecule has 2 heterocycles. The summed E-state index contributed by atoms with van der Waals surface area (Å²) in [6.45, 7) is 2.75. The van der Waals surface area contributed by atoms with Gasteiger partial charge in [-0.3, -0.25) is 9.48 Å². The standard InChI is InChI=1S/C17H27N3O2/c1-12-14(9-6-10-22-12)17(21)18-16-11-15(19-20(16)2)13-7-4-3-5-8-13/h11-14H,3-10H2,1-2H3,(H,18,21)/t12-,14+/m1/s1. The van der Waals surface area contributed by atoms with E-state index in [1.165, 1.54) is 32.1 Å². The average Bonchev–Trinajstić information content (AvgIpc) is 2.89. The summed E-state index contributed by atoms with van der Waals surface area (Å²) in [6, 6.07) is 2.06. The van der Waals surface area contributed by atoms with Gasteiger partial charge in [0.05, 0.1) is 17.7 Å². The number of ether oxygens (including phenoxy) is 1. The number of aryl methyl sites for hydroxylation is 1. The summed E-state index contributed by atoms with van der Waals surface area (Å²) < 4.78 is 7.40. The maximum atomic E-state index is 12.5. The highest BCUT2D eigenvalue weighted by Crippen LogP contribution is 2.33. The van der Waals surface area contributed by atoms with E-state index in [2.05, 4.69) is 16.5 Å². The molecule has 22 heavy (non-hydrogen) atoms. The third-order valence-corrected chi connectivity index (χ3v) is 5.12. The van der Waals surface area contributed by atoms with E-state index in [-0.39, 0.29) is 17.9 Å². The number of carbonyl (C=O) groups is 1. The zero-order valence-electron chi connectivity index (χ0n) is 13.7. The lowest BCUT2D eigenvalue weighted by atomic mass is 9.87. The number of nitrogens with one attached hydrogen (secondary N) is 1. The Kier molecular flexibility index (Phi) is 4.81. The molecule has 2 aliphatic rings. The summed E-state index contributed by atoms with van der Waals surface area (Å²) in [5, 5.41) is 7.67. The maximum Gasteiger partial charge on any atom is 0.231 e. The molecule has 122 valence electrons. The topological polar surface area (TPSA) is 56.1 Å². The van der Waals surface area contributed by atoms with E-state index >= 15 is 0 Å². The van der Waals surface area contributed by atoms with Crippen molar-refractivity contribution < 1.29 is 9.53 Å². The van der Waals surface area contributed by atoms with Crippen LogP contribution in [0.2, 0.25) is 0 Å². The first-order valence-corrected chi connectivity index (χ1v) is 8.61. The molecule has 1 N–H and O–H groups in total. The second-order valence-corrected chi connectivity index (χ2v) is 6.73. The molecule has 0 radical (unpaired) electrons. The van der Waals surface area contributed by atoms with Gasteiger partial charge in [-0.15, -0.1) is 0 Å². The summed E-state index contributed by atoms with van der Waals surface area (Å²) in [4.78, 5) is 12.5. The maximum absolute atomic E-state index is 12.5. The monoisotopic (exact) mass is 305 g/mol. The molecule has 0 unspecified atom stereocenters. The molecule has 3 rings (SSSR count). The van der Waals surface area contributed by atoms with E-state index in [9.17, 15) is 4.79 Å². The number of anilines is 1. The lowest BCUT2D eigenvalue weighted by Gasteiger charge is -2.27. The van der Waals surface area contributed by atoms with Crippen molar-refractivity contribution in [2.75, 3.05) is 11.9 Å². The first-order chi connectivity index (χ1) is 10.6. The summed E-state index contributed by atoms with van der Waals surface area (Å²) in [5.41, 5.74) is 1.13. The molecule has 0 spiro atoms. The van der Waals surface area contributed by atoms with Crippen molar-refractivity contribution >= 4 is 11.7 Å². The van der Waals surface area contributed by atoms with E-state index < -0.39 is 0 Å². The first-order valence-electron chi connectivity index (χ1n) is 8.61. The fourth-order valence-corrected chi connectivity index (χ4v) is 3.69. The van der Waals surface area contributed by atoms with Crippen LogP contribution in [0.5, 0.6) is 0 Å². The zero-order chi connectivity index (χ0) is 15.5. The SMILES string of the molecule is C[C@H]1OCCC[C@@H]1C(=O)Nc1cc(C2CCCCC2)nn1C. The van der Waals surface area contributed by atoms with E-state index in [0.717, 1.165) is 31.0 Å². The lowest BCUT2D eigenvalue weighted by molar-refractivity contribution is -0.127. The van der Waals surface area contributed by atoms with Gasteiger partial charge in [0.2, 0.25) is 5.91 Å². The van der Waals surface area contributed by atoms with E-state index in [4.69, 9.17) is 4.74 Å². The van der Waals surface area contributed by atoms with Gasteiger partial charge in [-0.1, -0.05) is 19.3 Å². The number of hydrogen-bond acceptors (Lipinski definition) is 3. The normalized spacial score (nSPS) is 26.8. The highest BCUT2D eigenvalue weighted by molar-refractivity contribution is 5.92. The van der Waals surface area contributed by atoms with Crippen LogP contribution in [0.15, 0.2) is 6.07 Å². The minimum absolute atomic E-state index is 0.000192. The minimum atomic E-state index is -0.0539. The Hall–Kier alpha value is -1.36. The van der Waals surface area contributed by atoms with Crippen LogP contribution < -0.4 is 5.32 Å². The van der Waals surface area contributed by atoms with Gasteiger partial charge in [-0.05, 0) is 32.6 Å². The van der Waals surface area contributed by atoms with E-state index in [1.807, 2.05) is 14.0 Å². The van der Waals surface area contributed by atoms with E-state index in [0.29, 0.717) is 5.92 Å². The quantitative estimate of drug-likeness (QED) is 0.933. The van der Waals surface area contributed by atoms with Gasteiger partial charge in [0.15, 0.2) is 0 Å².